The molecule has 7 nitrogen and oxygen atoms in total. The van der Waals surface area contributed by atoms with Crippen LogP contribution in [0.2, 0.25) is 5.02 Å². The van der Waals surface area contributed by atoms with Crippen LogP contribution in [-0.2, 0) is 19.5 Å². The molecule has 0 amide bonds. The number of aromatic nitrogens is 5. The molecule has 28 heavy (non-hydrogen) atoms. The van der Waals surface area contributed by atoms with E-state index in [4.69, 9.17) is 11.6 Å². The lowest BCUT2D eigenvalue weighted by atomic mass is 10.1. The minimum atomic E-state index is -2.79. The Morgan fingerprint density at radius 3 is 2.93 bits per heavy atom. The average molecular weight is 411 g/mol. The Morgan fingerprint density at radius 1 is 1.32 bits per heavy atom. The number of hydrogen-bond acceptors (Lipinski definition) is 5. The molecule has 2 aromatic heterocycles. The summed E-state index contributed by atoms with van der Waals surface area (Å²) in [6.45, 7) is 0.942. The monoisotopic (exact) mass is 410 g/mol. The standard InChI is InChI=1S/C17H14ClF3N6O/c18-15-14(6-22-24-17(15)28)26-4-3-13-12(8-26)23-25-27(13)7-9-1-2-10(19)5-11(9)16(20)21/h1-2,5-6,16H,3-4,7-8H2,(H,24,28). The molecule has 4 rings (SSSR count). The Bertz CT molecular complexity index is 1080. The van der Waals surface area contributed by atoms with Gasteiger partial charge >= 0.3 is 0 Å². The number of fused-ring (bicyclic) bond motifs is 1. The highest BCUT2D eigenvalue weighted by atomic mass is 35.5. The third-order valence-corrected chi connectivity index (χ3v) is 5.02. The molecule has 3 heterocycles. The number of hydrogen-bond donors (Lipinski definition) is 1. The van der Waals surface area contributed by atoms with Crippen LogP contribution in [0, 0.1) is 5.82 Å². The maximum Gasteiger partial charge on any atom is 0.285 e. The second-order valence-electron chi connectivity index (χ2n) is 6.35. The van der Waals surface area contributed by atoms with Crippen LogP contribution in [0.15, 0.2) is 29.2 Å². The van der Waals surface area contributed by atoms with Gasteiger partial charge in [0.15, 0.2) is 0 Å². The molecule has 1 aromatic carbocycles. The molecule has 0 saturated carbocycles. The van der Waals surface area contributed by atoms with Crippen LogP contribution in [0.1, 0.15) is 28.9 Å². The zero-order valence-electron chi connectivity index (χ0n) is 14.4. The molecule has 1 aliphatic heterocycles. The molecular formula is C17H14ClF3N6O. The van der Waals surface area contributed by atoms with E-state index >= 15 is 0 Å². The Morgan fingerprint density at radius 2 is 2.14 bits per heavy atom. The van der Waals surface area contributed by atoms with Gasteiger partial charge in [0.05, 0.1) is 30.7 Å². The van der Waals surface area contributed by atoms with Crippen molar-refractivity contribution < 1.29 is 13.2 Å². The predicted octanol–water partition coefficient (Wildman–Crippen LogP) is 2.70. The summed E-state index contributed by atoms with van der Waals surface area (Å²) in [7, 11) is 0. The van der Waals surface area contributed by atoms with Crippen molar-refractivity contribution in [3.8, 4) is 0 Å². The van der Waals surface area contributed by atoms with Crippen molar-refractivity contribution in [1.29, 1.82) is 0 Å². The lowest BCUT2D eigenvalue weighted by Gasteiger charge is -2.28. The molecule has 0 fully saturated rings. The summed E-state index contributed by atoms with van der Waals surface area (Å²) in [5.74, 6) is -0.710. The number of alkyl halides is 2. The van der Waals surface area contributed by atoms with E-state index in [1.807, 2.05) is 4.90 Å². The van der Waals surface area contributed by atoms with Gasteiger partial charge in [-0.15, -0.1) is 5.10 Å². The van der Waals surface area contributed by atoms with E-state index in [-0.39, 0.29) is 22.7 Å². The Kier molecular flexibility index (Phi) is 4.80. The summed E-state index contributed by atoms with van der Waals surface area (Å²) in [6.07, 6.45) is -0.796. The number of halogens is 4. The van der Waals surface area contributed by atoms with E-state index in [0.717, 1.165) is 17.8 Å². The number of aromatic amines is 1. The van der Waals surface area contributed by atoms with E-state index in [1.165, 1.54) is 12.3 Å². The van der Waals surface area contributed by atoms with Crippen molar-refractivity contribution >= 4 is 17.3 Å². The normalized spacial score (nSPS) is 13.8. The number of anilines is 1. The van der Waals surface area contributed by atoms with Gasteiger partial charge in [0.25, 0.3) is 12.0 Å². The van der Waals surface area contributed by atoms with Crippen molar-refractivity contribution in [2.75, 3.05) is 11.4 Å². The smallest absolute Gasteiger partial charge is 0.285 e. The van der Waals surface area contributed by atoms with Gasteiger partial charge in [-0.25, -0.2) is 23.0 Å². The Hall–Kier alpha value is -2.88. The zero-order chi connectivity index (χ0) is 19.8. The van der Waals surface area contributed by atoms with E-state index in [9.17, 15) is 18.0 Å². The highest BCUT2D eigenvalue weighted by molar-refractivity contribution is 6.32. The van der Waals surface area contributed by atoms with Crippen molar-refractivity contribution in [3.63, 3.8) is 0 Å². The molecular weight excluding hydrogens is 397 g/mol. The largest absolute Gasteiger partial charge is 0.362 e. The molecule has 1 aliphatic rings. The summed E-state index contributed by atoms with van der Waals surface area (Å²) in [5, 5.41) is 14.3. The summed E-state index contributed by atoms with van der Waals surface area (Å²) in [5.41, 5.74) is 1.39. The molecule has 0 spiro atoms. The van der Waals surface area contributed by atoms with Gasteiger partial charge in [0.1, 0.15) is 16.5 Å². The SMILES string of the molecule is O=c1[nH]ncc(N2CCc3c(nnn3Cc3ccc(F)cc3C(F)F)C2)c1Cl. The van der Waals surface area contributed by atoms with Crippen molar-refractivity contribution in [1.82, 2.24) is 25.2 Å². The number of H-pyrrole nitrogens is 1. The first kappa shape index (κ1) is 18.5. The van der Waals surface area contributed by atoms with Gasteiger partial charge in [-0.05, 0) is 17.7 Å². The molecule has 0 unspecified atom stereocenters. The van der Waals surface area contributed by atoms with E-state index in [1.54, 1.807) is 4.68 Å². The number of rotatable bonds is 4. The van der Waals surface area contributed by atoms with Gasteiger partial charge in [0.2, 0.25) is 0 Å². The Labute approximate surface area is 161 Å². The van der Waals surface area contributed by atoms with Crippen molar-refractivity contribution in [2.45, 2.75) is 25.9 Å². The molecule has 0 aliphatic carbocycles. The molecule has 0 bridgehead atoms. The zero-order valence-corrected chi connectivity index (χ0v) is 15.1. The maximum atomic E-state index is 13.3. The van der Waals surface area contributed by atoms with Crippen LogP contribution in [-0.4, -0.2) is 31.7 Å². The third-order valence-electron chi connectivity index (χ3n) is 4.66. The quantitative estimate of drug-likeness (QED) is 0.715. The summed E-state index contributed by atoms with van der Waals surface area (Å²) >= 11 is 6.06. The number of benzene rings is 1. The molecule has 0 radical (unpaired) electrons. The van der Waals surface area contributed by atoms with Crippen LogP contribution in [0.4, 0.5) is 18.9 Å². The highest BCUT2D eigenvalue weighted by Gasteiger charge is 2.25. The third kappa shape index (κ3) is 3.35. The fourth-order valence-electron chi connectivity index (χ4n) is 3.27. The Balaban J connectivity index is 1.60. The van der Waals surface area contributed by atoms with Gasteiger partial charge in [-0.1, -0.05) is 22.9 Å². The summed E-state index contributed by atoms with van der Waals surface area (Å²) in [6, 6.07) is 3.32. The van der Waals surface area contributed by atoms with Gasteiger partial charge in [-0.3, -0.25) is 4.79 Å². The fourth-order valence-corrected chi connectivity index (χ4v) is 3.48. The molecule has 1 N–H and O–H groups in total. The second kappa shape index (κ2) is 7.27. The van der Waals surface area contributed by atoms with Gasteiger partial charge < -0.3 is 4.90 Å². The van der Waals surface area contributed by atoms with Crippen LogP contribution in [0.3, 0.4) is 0 Å². The first-order valence-corrected chi connectivity index (χ1v) is 8.77. The van der Waals surface area contributed by atoms with Crippen LogP contribution < -0.4 is 10.5 Å². The van der Waals surface area contributed by atoms with Crippen LogP contribution in [0.25, 0.3) is 0 Å². The summed E-state index contributed by atoms with van der Waals surface area (Å²) in [4.78, 5) is 13.5. The van der Waals surface area contributed by atoms with E-state index in [2.05, 4.69) is 20.5 Å². The first-order valence-electron chi connectivity index (χ1n) is 8.40. The topological polar surface area (TPSA) is 79.7 Å². The lowest BCUT2D eigenvalue weighted by Crippen LogP contribution is -2.32. The number of nitrogens with one attached hydrogen (secondary N) is 1. The summed E-state index contributed by atoms with van der Waals surface area (Å²) < 4.78 is 41.3. The molecule has 11 heteroatoms. The fraction of sp³-hybridized carbons (Fsp3) is 0.294. The highest BCUT2D eigenvalue weighted by Crippen LogP contribution is 2.28. The lowest BCUT2D eigenvalue weighted by molar-refractivity contribution is 0.149. The molecule has 3 aromatic rings. The predicted molar refractivity (Wildman–Crippen MR) is 95.1 cm³/mol. The average Bonchev–Trinajstić information content (AvgIpc) is 3.07. The molecule has 0 atom stereocenters. The van der Waals surface area contributed by atoms with Crippen LogP contribution >= 0.6 is 11.6 Å². The second-order valence-corrected chi connectivity index (χ2v) is 6.73. The van der Waals surface area contributed by atoms with Gasteiger partial charge in [-0.2, -0.15) is 5.10 Å². The molecule has 0 saturated heterocycles. The molecule has 146 valence electrons. The van der Waals surface area contributed by atoms with Crippen LogP contribution in [0.5, 0.6) is 0 Å². The van der Waals surface area contributed by atoms with E-state index in [0.29, 0.717) is 30.9 Å². The minimum absolute atomic E-state index is 0.0405. The number of nitrogens with zero attached hydrogens (tertiary/aromatic N) is 5. The van der Waals surface area contributed by atoms with Gasteiger partial charge in [0, 0.05) is 18.5 Å². The minimum Gasteiger partial charge on any atom is -0.362 e. The van der Waals surface area contributed by atoms with E-state index < -0.39 is 17.8 Å². The van der Waals surface area contributed by atoms with Crippen molar-refractivity contribution in [3.05, 3.63) is 68.1 Å². The van der Waals surface area contributed by atoms with Crippen molar-refractivity contribution in [2.24, 2.45) is 0 Å². The maximum absolute atomic E-state index is 13.3. The first-order chi connectivity index (χ1) is 13.4.